The van der Waals surface area contributed by atoms with Gasteiger partial charge in [0.05, 0.1) is 11.4 Å². The molecule has 4 nitrogen and oxygen atoms in total. The minimum absolute atomic E-state index is 0. The number of hydrogen-bond donors (Lipinski definition) is 0. The van der Waals surface area contributed by atoms with Gasteiger partial charge in [0.2, 0.25) is 7.38 Å². The molecule has 0 saturated heterocycles. The van der Waals surface area contributed by atoms with E-state index in [1.807, 2.05) is 42.7 Å². The maximum Gasteiger partial charge on any atom is 1.00 e. The first-order valence-electron chi connectivity index (χ1n) is 33.2. The summed E-state index contributed by atoms with van der Waals surface area (Å²) >= 11 is 10.8. The van der Waals surface area contributed by atoms with Gasteiger partial charge in [-0.3, -0.25) is 9.13 Å². The second-order valence-corrected chi connectivity index (χ2v) is 33.8. The molecule has 2 heterocycles. The van der Waals surface area contributed by atoms with Gasteiger partial charge in [0.1, 0.15) is 11.6 Å². The second kappa shape index (κ2) is 34.2. The van der Waals surface area contributed by atoms with E-state index in [1.165, 1.54) is 87.5 Å². The molecule has 0 amide bonds. The molecule has 0 saturated carbocycles. The van der Waals surface area contributed by atoms with Crippen LogP contribution in [0, 0.1) is 6.92 Å². The smallest absolute Gasteiger partial charge is 0.343 e. The summed E-state index contributed by atoms with van der Waals surface area (Å²) in [7, 11) is -5.08. The quantitative estimate of drug-likeness (QED) is 0.0418. The maximum atomic E-state index is 7.25. The molecule has 0 aliphatic rings. The van der Waals surface area contributed by atoms with Gasteiger partial charge in [-0.1, -0.05) is 372 Å². The molecule has 2 aromatic heterocycles. The van der Waals surface area contributed by atoms with E-state index in [-0.39, 0.29) is 18.9 Å². The Hall–Kier alpha value is -9.14. The van der Waals surface area contributed by atoms with Crippen molar-refractivity contribution in [2.24, 2.45) is 0 Å². The minimum atomic E-state index is -2.67. The van der Waals surface area contributed by atoms with Gasteiger partial charge >= 0.3 is 18.9 Å². The van der Waals surface area contributed by atoms with E-state index in [9.17, 15) is 0 Å². The predicted octanol–water partition coefficient (Wildman–Crippen LogP) is 16.3. The second-order valence-electron chi connectivity index (χ2n) is 24.3. The van der Waals surface area contributed by atoms with Crippen LogP contribution >= 0.6 is 27.0 Å². The number of rotatable bonds is 16. The molecular formula is C88H81BrClLiN4Si2. The van der Waals surface area contributed by atoms with Crippen LogP contribution in [0.15, 0.2) is 357 Å². The average Bonchev–Trinajstić information content (AvgIpc) is 1.09. The van der Waals surface area contributed by atoms with Gasteiger partial charge < -0.3 is 6.92 Å². The van der Waals surface area contributed by atoms with Crippen molar-refractivity contribution in [2.45, 2.75) is 59.3 Å². The zero-order valence-electron chi connectivity index (χ0n) is 56.3. The number of benzene rings is 12. The van der Waals surface area contributed by atoms with E-state index >= 15 is 0 Å². The fraction of sp³-hybridized carbons (Fsp3) is 0.102. The fourth-order valence-electron chi connectivity index (χ4n) is 12.8. The van der Waals surface area contributed by atoms with Gasteiger partial charge in [-0.05, 0) is 82.5 Å². The molecule has 12 aromatic carbocycles. The largest absolute Gasteiger partial charge is 1.00 e. The van der Waals surface area contributed by atoms with Crippen LogP contribution in [-0.2, 0) is 0 Å². The first-order chi connectivity index (χ1) is 47.1. The average molecular weight is 1370 g/mol. The number of hydrogen-bond acceptors (Lipinski definition) is 2. The third-order valence-electron chi connectivity index (χ3n) is 17.4. The summed E-state index contributed by atoms with van der Waals surface area (Å²) in [4.78, 5) is 9.70. The van der Waals surface area contributed by atoms with E-state index in [0.29, 0.717) is 11.8 Å². The van der Waals surface area contributed by atoms with Gasteiger partial charge in [-0.15, -0.1) is 11.1 Å². The summed E-state index contributed by atoms with van der Waals surface area (Å²) in [5.74, 6) is 2.64. The standard InChI is InChI=1S/C42H36N2Si.C24H21BrN2.C18H15ClSi.C4H9.Li/c1-32(2)39-27-16-28-40(33-17-7-3-8-18-33)41(39)44-30-29-43-42(44)34-19-15-26-38(31-34)45(35-20-9-4-10-21-35,36-22-11-5-12-23-36)37-24-13-6-14-25-37;1-17(2)21-12-7-13-22(18-8-4-3-5-9-18)23(21)27-15-14-26-24(27)19-10-6-11-20(25)16-19;19-20(16-10-4-1-5-11-16,17-12-6-2-7-13-17)18-14-8-3-9-15-18;1-3-4-2;/h3-32H,1-2H3;3-17H,1-2H3;1-15H;1,3-4H2,2H3;/q;;;-1;+1. The van der Waals surface area contributed by atoms with Crippen molar-refractivity contribution < 1.29 is 18.9 Å². The Morgan fingerprint density at radius 3 is 0.990 bits per heavy atom. The molecule has 0 atom stereocenters. The summed E-state index contributed by atoms with van der Waals surface area (Å²) in [5, 5.41) is 9.08. The first-order valence-corrected chi connectivity index (χ1v) is 39.0. The van der Waals surface area contributed by atoms with Crippen molar-refractivity contribution in [2.75, 3.05) is 0 Å². The van der Waals surface area contributed by atoms with Crippen molar-refractivity contribution in [1.82, 2.24) is 19.1 Å². The molecule has 0 radical (unpaired) electrons. The van der Waals surface area contributed by atoms with E-state index in [1.54, 1.807) is 0 Å². The molecule has 14 rings (SSSR count). The molecule has 97 heavy (non-hydrogen) atoms. The Balaban J connectivity index is 0.000000166. The first kappa shape index (κ1) is 70.7. The van der Waals surface area contributed by atoms with Crippen LogP contribution in [0.1, 0.15) is 70.4 Å². The van der Waals surface area contributed by atoms with Crippen LogP contribution in [0.25, 0.3) is 56.4 Å². The number of halogens is 2. The summed E-state index contributed by atoms with van der Waals surface area (Å²) in [6.45, 7) is 14.7. The van der Waals surface area contributed by atoms with E-state index in [0.717, 1.165) is 33.7 Å². The Bertz CT molecular complexity index is 4490. The zero-order valence-corrected chi connectivity index (χ0v) is 60.6. The number of nitrogens with zero attached hydrogens (tertiary/aromatic N) is 4. The summed E-state index contributed by atoms with van der Waals surface area (Å²) in [5.41, 5.74) is 12.0. The molecule has 14 aromatic rings. The molecule has 476 valence electrons. The molecule has 0 unspecified atom stereocenters. The third-order valence-corrected chi connectivity index (χ3v) is 28.1. The van der Waals surface area contributed by atoms with Crippen molar-refractivity contribution in [3.05, 3.63) is 375 Å². The molecule has 0 N–H and O–H groups in total. The van der Waals surface area contributed by atoms with E-state index < -0.39 is 15.5 Å². The predicted molar refractivity (Wildman–Crippen MR) is 418 cm³/mol. The summed E-state index contributed by atoms with van der Waals surface area (Å²) in [6, 6.07) is 116. The van der Waals surface area contributed by atoms with Gasteiger partial charge in [0.25, 0.3) is 0 Å². The molecule has 0 bridgehead atoms. The van der Waals surface area contributed by atoms with Gasteiger partial charge in [0, 0.05) is 51.5 Å². The molecule has 0 aliphatic carbocycles. The number of aromatic nitrogens is 4. The van der Waals surface area contributed by atoms with Crippen LogP contribution in [0.2, 0.25) is 0 Å². The maximum absolute atomic E-state index is 7.25. The van der Waals surface area contributed by atoms with E-state index in [4.69, 9.17) is 16.1 Å². The zero-order chi connectivity index (χ0) is 66.7. The Kier molecular flexibility index (Phi) is 24.9. The van der Waals surface area contributed by atoms with Crippen molar-refractivity contribution in [1.29, 1.82) is 0 Å². The van der Waals surface area contributed by atoms with Gasteiger partial charge in [0.15, 0.2) is 8.07 Å². The normalized spacial score (nSPS) is 11.1. The van der Waals surface area contributed by atoms with Crippen molar-refractivity contribution in [3.8, 4) is 56.4 Å². The summed E-state index contributed by atoms with van der Waals surface area (Å²) in [6.07, 6.45) is 10.3. The molecule has 0 spiro atoms. The Morgan fingerprint density at radius 2 is 0.660 bits per heavy atom. The van der Waals surface area contributed by atoms with Crippen molar-refractivity contribution >= 4 is 78.8 Å². The van der Waals surface area contributed by atoms with E-state index in [2.05, 4.69) is 381 Å². The van der Waals surface area contributed by atoms with Crippen LogP contribution in [0.5, 0.6) is 0 Å². The van der Waals surface area contributed by atoms with Crippen LogP contribution in [0.3, 0.4) is 0 Å². The molecule has 9 heteroatoms. The van der Waals surface area contributed by atoms with Crippen LogP contribution < -0.4 is 55.2 Å². The van der Waals surface area contributed by atoms with Crippen LogP contribution in [-0.4, -0.2) is 34.6 Å². The number of para-hydroxylation sites is 2. The third kappa shape index (κ3) is 16.0. The topological polar surface area (TPSA) is 35.6 Å². The van der Waals surface area contributed by atoms with Gasteiger partial charge in [-0.2, -0.15) is 6.42 Å². The Morgan fingerprint density at radius 1 is 0.371 bits per heavy atom. The monoisotopic (exact) mass is 1370 g/mol. The Labute approximate surface area is 602 Å². The number of unbranched alkanes of at least 4 members (excludes halogenated alkanes) is 1. The van der Waals surface area contributed by atoms with Crippen molar-refractivity contribution in [3.63, 3.8) is 0 Å². The van der Waals surface area contributed by atoms with Gasteiger partial charge in [-0.25, -0.2) is 9.97 Å². The minimum Gasteiger partial charge on any atom is -0.343 e. The summed E-state index contributed by atoms with van der Waals surface area (Å²) < 4.78 is 5.57. The fourth-order valence-corrected chi connectivity index (χ4v) is 22.1. The molecule has 0 aliphatic heterocycles. The SMILES string of the molecule is CC(C)c1cccc(-c2ccccc2)c1-n1ccnc1-c1cccc(Br)c1.CC(C)c1cccc(-c2ccccc2)c1-n1ccnc1-c1cccc([Si](c2ccccc2)(c2ccccc2)c2ccccc2)c1.Cl[Si](c1ccccc1)(c1ccccc1)c1ccccc1.[CH2-]CCC.[Li+]. The molecular weight excluding hydrogens is 1290 g/mol. The van der Waals surface area contributed by atoms with Crippen LogP contribution in [0.4, 0.5) is 0 Å². The number of imidazole rings is 2. The molecule has 0 fully saturated rings.